The third kappa shape index (κ3) is 4.16. The quantitative estimate of drug-likeness (QED) is 0.608. The van der Waals surface area contributed by atoms with Gasteiger partial charge in [-0.1, -0.05) is 11.6 Å². The van der Waals surface area contributed by atoms with Crippen LogP contribution in [0.1, 0.15) is 19.1 Å². The Labute approximate surface area is 125 Å². The third-order valence-electron chi connectivity index (χ3n) is 3.41. The number of methoxy groups -OCH3 is 1. The number of nitrogens with zero attached hydrogens (tertiary/aromatic N) is 1. The maximum atomic E-state index is 12.4. The van der Waals surface area contributed by atoms with Gasteiger partial charge < -0.3 is 14.5 Å². The molecule has 0 spiro atoms. The lowest BCUT2D eigenvalue weighted by molar-refractivity contribution is 0.198. The minimum absolute atomic E-state index is 0.0130. The second kappa shape index (κ2) is 7.22. The first-order chi connectivity index (χ1) is 10.0. The molecule has 0 saturated heterocycles. The molecule has 0 atom stereocenters. The van der Waals surface area contributed by atoms with Gasteiger partial charge in [-0.2, -0.15) is 4.31 Å². The van der Waals surface area contributed by atoms with E-state index in [1.807, 2.05) is 13.0 Å². The summed E-state index contributed by atoms with van der Waals surface area (Å²) in [6, 6.07) is 3.21. The van der Waals surface area contributed by atoms with Gasteiger partial charge in [-0.3, -0.25) is 0 Å². The fourth-order valence-electron chi connectivity index (χ4n) is 2.08. The number of sulfonamides is 1. The van der Waals surface area contributed by atoms with Crippen molar-refractivity contribution in [1.29, 1.82) is 0 Å². The summed E-state index contributed by atoms with van der Waals surface area (Å²) in [5.41, 5.74) is 1.23. The summed E-state index contributed by atoms with van der Waals surface area (Å²) >= 11 is 0. The summed E-state index contributed by atoms with van der Waals surface area (Å²) in [7, 11) is -1.90. The van der Waals surface area contributed by atoms with Crippen LogP contribution in [0.5, 0.6) is 0 Å². The van der Waals surface area contributed by atoms with Crippen LogP contribution in [0.4, 0.5) is 0 Å². The van der Waals surface area contributed by atoms with Crippen LogP contribution in [0.15, 0.2) is 33.3 Å². The predicted octanol–water partition coefficient (Wildman–Crippen LogP) is 1.36. The molecule has 1 N–H and O–H groups in total. The first-order valence-corrected chi connectivity index (χ1v) is 8.42. The highest BCUT2D eigenvalue weighted by atomic mass is 32.2. The minimum atomic E-state index is -3.53. The van der Waals surface area contributed by atoms with Crippen molar-refractivity contribution in [2.75, 3.05) is 33.4 Å². The Kier molecular flexibility index (Phi) is 5.58. The molecule has 1 aromatic heterocycles. The number of hydrogen-bond donors (Lipinski definition) is 1. The van der Waals surface area contributed by atoms with Crippen molar-refractivity contribution in [1.82, 2.24) is 9.62 Å². The van der Waals surface area contributed by atoms with E-state index in [1.54, 1.807) is 13.2 Å². The van der Waals surface area contributed by atoms with Crippen molar-refractivity contribution in [3.05, 3.63) is 29.5 Å². The van der Waals surface area contributed by atoms with Crippen LogP contribution < -0.4 is 5.32 Å². The minimum Gasteiger partial charge on any atom is -0.447 e. The van der Waals surface area contributed by atoms with Gasteiger partial charge in [0.05, 0.1) is 13.2 Å². The van der Waals surface area contributed by atoms with Gasteiger partial charge in [0.2, 0.25) is 5.09 Å². The number of rotatable bonds is 7. The number of ether oxygens (including phenoxy) is 1. The lowest BCUT2D eigenvalue weighted by Gasteiger charge is -2.23. The molecule has 118 valence electrons. The van der Waals surface area contributed by atoms with E-state index < -0.39 is 10.0 Å². The Morgan fingerprint density at radius 1 is 1.43 bits per heavy atom. The van der Waals surface area contributed by atoms with Gasteiger partial charge >= 0.3 is 0 Å². The summed E-state index contributed by atoms with van der Waals surface area (Å²) in [4.78, 5) is 0. The Morgan fingerprint density at radius 3 is 2.90 bits per heavy atom. The van der Waals surface area contributed by atoms with Gasteiger partial charge in [0.1, 0.15) is 5.76 Å². The molecule has 1 aliphatic heterocycles. The Balaban J connectivity index is 1.99. The van der Waals surface area contributed by atoms with Crippen molar-refractivity contribution in [3.8, 4) is 0 Å². The van der Waals surface area contributed by atoms with Crippen LogP contribution >= 0.6 is 0 Å². The smallest absolute Gasteiger partial charge is 0.276 e. The van der Waals surface area contributed by atoms with Crippen LogP contribution in [0.25, 0.3) is 0 Å². The Hall–Kier alpha value is -1.15. The highest BCUT2D eigenvalue weighted by Gasteiger charge is 2.28. The lowest BCUT2D eigenvalue weighted by Crippen LogP contribution is -2.34. The summed E-state index contributed by atoms with van der Waals surface area (Å²) in [5.74, 6) is 0.605. The molecule has 6 nitrogen and oxygen atoms in total. The van der Waals surface area contributed by atoms with Crippen LogP contribution in [0, 0.1) is 0 Å². The molecule has 1 aliphatic rings. The molecule has 0 fully saturated rings. The van der Waals surface area contributed by atoms with E-state index in [1.165, 1.54) is 15.9 Å². The van der Waals surface area contributed by atoms with E-state index in [0.717, 1.165) is 6.42 Å². The van der Waals surface area contributed by atoms with Crippen LogP contribution in [-0.4, -0.2) is 46.1 Å². The molecule has 21 heavy (non-hydrogen) atoms. The molecular formula is C14H22N2O4S. The summed E-state index contributed by atoms with van der Waals surface area (Å²) in [5, 5.41) is 3.13. The lowest BCUT2D eigenvalue weighted by atomic mass is 10.1. The van der Waals surface area contributed by atoms with E-state index in [0.29, 0.717) is 38.5 Å². The number of nitrogens with one attached hydrogen (secondary N) is 1. The summed E-state index contributed by atoms with van der Waals surface area (Å²) in [6.07, 6.45) is 2.71. The van der Waals surface area contributed by atoms with Gasteiger partial charge in [-0.15, -0.1) is 0 Å². The number of hydrogen-bond acceptors (Lipinski definition) is 5. The molecule has 0 aliphatic carbocycles. The van der Waals surface area contributed by atoms with E-state index >= 15 is 0 Å². The standard InChI is InChI=1S/C14H22N2O4S/c1-12-5-8-16(9-6-12)21(17,18)14-4-3-13(20-14)11-15-7-10-19-2/h3-5,15H,6-11H2,1-2H3. The molecule has 0 radical (unpaired) electrons. The van der Waals surface area contributed by atoms with Crippen molar-refractivity contribution in [2.45, 2.75) is 25.0 Å². The zero-order valence-corrected chi connectivity index (χ0v) is 13.3. The van der Waals surface area contributed by atoms with Crippen LogP contribution in [0.3, 0.4) is 0 Å². The van der Waals surface area contributed by atoms with Crippen LogP contribution in [0.2, 0.25) is 0 Å². The largest absolute Gasteiger partial charge is 0.447 e. The van der Waals surface area contributed by atoms with Crippen molar-refractivity contribution >= 4 is 10.0 Å². The second-order valence-electron chi connectivity index (χ2n) is 5.05. The highest BCUT2D eigenvalue weighted by molar-refractivity contribution is 7.89. The Bertz CT molecular complexity index is 592. The molecule has 1 aromatic rings. The van der Waals surface area contributed by atoms with Crippen LogP contribution in [-0.2, 0) is 21.3 Å². The zero-order chi connectivity index (χ0) is 15.3. The topological polar surface area (TPSA) is 71.8 Å². The summed E-state index contributed by atoms with van der Waals surface area (Å²) < 4.78 is 36.7. The van der Waals surface area contributed by atoms with Crippen molar-refractivity contribution in [2.24, 2.45) is 0 Å². The highest BCUT2D eigenvalue weighted by Crippen LogP contribution is 2.22. The third-order valence-corrected chi connectivity index (χ3v) is 5.15. The maximum absolute atomic E-state index is 12.4. The molecule has 0 bridgehead atoms. The van der Waals surface area contributed by atoms with Crippen molar-refractivity contribution in [3.63, 3.8) is 0 Å². The average Bonchev–Trinajstić information content (AvgIpc) is 2.94. The molecule has 0 aromatic carbocycles. The fourth-order valence-corrected chi connectivity index (χ4v) is 3.38. The first-order valence-electron chi connectivity index (χ1n) is 6.98. The maximum Gasteiger partial charge on any atom is 0.276 e. The molecule has 2 heterocycles. The molecule has 0 unspecified atom stereocenters. The van der Waals surface area contributed by atoms with E-state index in [4.69, 9.17) is 9.15 Å². The monoisotopic (exact) mass is 314 g/mol. The van der Waals surface area contributed by atoms with Gasteiger partial charge in [0.25, 0.3) is 10.0 Å². The first kappa shape index (κ1) is 16.2. The van der Waals surface area contributed by atoms with Gasteiger partial charge in [0.15, 0.2) is 0 Å². The molecule has 2 rings (SSSR count). The molecule has 0 amide bonds. The number of furan rings is 1. The molecule has 0 saturated carbocycles. The van der Waals surface area contributed by atoms with Gasteiger partial charge in [-0.25, -0.2) is 8.42 Å². The summed E-state index contributed by atoms with van der Waals surface area (Å²) in [6.45, 7) is 4.71. The molecule has 7 heteroatoms. The average molecular weight is 314 g/mol. The molecular weight excluding hydrogens is 292 g/mol. The fraction of sp³-hybridized carbons (Fsp3) is 0.571. The van der Waals surface area contributed by atoms with Crippen molar-refractivity contribution < 1.29 is 17.6 Å². The van der Waals surface area contributed by atoms with Gasteiger partial charge in [-0.05, 0) is 25.5 Å². The Morgan fingerprint density at radius 2 is 2.24 bits per heavy atom. The normalized spacial score (nSPS) is 17.0. The van der Waals surface area contributed by atoms with E-state index in [2.05, 4.69) is 5.32 Å². The zero-order valence-electron chi connectivity index (χ0n) is 12.5. The second-order valence-corrected chi connectivity index (χ2v) is 6.92. The van der Waals surface area contributed by atoms with E-state index in [9.17, 15) is 8.42 Å². The SMILES string of the molecule is COCCNCc1ccc(S(=O)(=O)N2CC=C(C)CC2)o1. The predicted molar refractivity (Wildman–Crippen MR) is 79.4 cm³/mol. The van der Waals surface area contributed by atoms with Gasteiger partial charge in [0, 0.05) is 26.7 Å². The van der Waals surface area contributed by atoms with E-state index in [-0.39, 0.29) is 5.09 Å².